The molecule has 0 aromatic carbocycles. The van der Waals surface area contributed by atoms with Gasteiger partial charge < -0.3 is 5.32 Å². The molecule has 44 valence electrons. The second-order valence-electron chi connectivity index (χ2n) is 2.01. The van der Waals surface area contributed by atoms with Gasteiger partial charge in [0.05, 0.1) is 0 Å². The summed E-state index contributed by atoms with van der Waals surface area (Å²) in [5.74, 6) is 0. The molecule has 1 aliphatic rings. The van der Waals surface area contributed by atoms with E-state index in [1.54, 1.807) is 0 Å². The van der Waals surface area contributed by atoms with E-state index >= 15 is 0 Å². The van der Waals surface area contributed by atoms with E-state index in [1.165, 1.54) is 5.57 Å². The molecule has 0 aromatic rings. The molecule has 0 amide bonds. The summed E-state index contributed by atoms with van der Waals surface area (Å²) >= 11 is 0. The zero-order valence-corrected chi connectivity index (χ0v) is 5.31. The Hall–Kier alpha value is -0.720. The van der Waals surface area contributed by atoms with Crippen LogP contribution in [0.15, 0.2) is 23.9 Å². The van der Waals surface area contributed by atoms with Crippen molar-refractivity contribution in [3.8, 4) is 0 Å². The van der Waals surface area contributed by atoms with Gasteiger partial charge in [-0.3, -0.25) is 0 Å². The van der Waals surface area contributed by atoms with E-state index in [1.807, 2.05) is 6.20 Å². The Labute approximate surface area is 50.1 Å². The van der Waals surface area contributed by atoms with Crippen LogP contribution in [0.3, 0.4) is 0 Å². The van der Waals surface area contributed by atoms with Crippen molar-refractivity contribution in [1.82, 2.24) is 5.32 Å². The highest BCUT2D eigenvalue weighted by molar-refractivity contribution is 5.28. The molecule has 1 atom stereocenters. The smallest absolute Gasteiger partial charge is 0.0477 e. The summed E-state index contributed by atoms with van der Waals surface area (Å²) in [6.07, 6.45) is 6.21. The summed E-state index contributed by atoms with van der Waals surface area (Å²) in [5, 5.41) is 3.17. The third kappa shape index (κ3) is 0.760. The number of hydrogen-bond acceptors (Lipinski definition) is 1. The van der Waals surface area contributed by atoms with Gasteiger partial charge in [-0.05, 0) is 31.7 Å². The van der Waals surface area contributed by atoms with E-state index in [0.29, 0.717) is 6.04 Å². The van der Waals surface area contributed by atoms with Crippen molar-refractivity contribution in [1.29, 1.82) is 0 Å². The van der Waals surface area contributed by atoms with Crippen LogP contribution in [0.4, 0.5) is 0 Å². The Morgan fingerprint density at radius 1 is 1.75 bits per heavy atom. The summed E-state index contributed by atoms with van der Waals surface area (Å²) in [4.78, 5) is 0. The molecule has 1 nitrogen and oxygen atoms in total. The second kappa shape index (κ2) is 2.03. The van der Waals surface area contributed by atoms with Crippen LogP contribution in [-0.2, 0) is 0 Å². The normalized spacial score (nSPS) is 31.2. The van der Waals surface area contributed by atoms with Gasteiger partial charge in [0.2, 0.25) is 0 Å². The summed E-state index contributed by atoms with van der Waals surface area (Å²) in [6, 6.07) is 0.528. The molecule has 8 heavy (non-hydrogen) atoms. The fraction of sp³-hybridized carbons (Fsp3) is 0.429. The van der Waals surface area contributed by atoms with E-state index < -0.39 is 0 Å². The first-order chi connectivity index (χ1) is 3.84. The third-order valence-electron chi connectivity index (χ3n) is 1.46. The van der Waals surface area contributed by atoms with Gasteiger partial charge in [-0.15, -0.1) is 0 Å². The molecule has 0 aliphatic carbocycles. The molecule has 1 rings (SSSR count). The lowest BCUT2D eigenvalue weighted by Gasteiger charge is -2.02. The molecule has 0 saturated heterocycles. The third-order valence-corrected chi connectivity index (χ3v) is 1.46. The minimum Gasteiger partial charge on any atom is -0.384 e. The average molecular weight is 109 g/mol. The summed E-state index contributed by atoms with van der Waals surface area (Å²) in [7, 11) is 0. The summed E-state index contributed by atoms with van der Waals surface area (Å²) < 4.78 is 0. The van der Waals surface area contributed by atoms with Crippen molar-refractivity contribution in [3.05, 3.63) is 23.9 Å². The van der Waals surface area contributed by atoms with E-state index in [2.05, 4.69) is 31.3 Å². The molecule has 1 N–H and O–H groups in total. The average Bonchev–Trinajstić information content (AvgIpc) is 2.14. The maximum atomic E-state index is 3.17. The zero-order valence-electron chi connectivity index (χ0n) is 5.31. The van der Waals surface area contributed by atoms with Crippen LogP contribution >= 0.6 is 0 Å². The topological polar surface area (TPSA) is 12.0 Å². The van der Waals surface area contributed by atoms with Crippen LogP contribution in [0.25, 0.3) is 0 Å². The van der Waals surface area contributed by atoms with Gasteiger partial charge in [-0.2, -0.15) is 0 Å². The lowest BCUT2D eigenvalue weighted by molar-refractivity contribution is 0.776. The molecule has 1 aliphatic heterocycles. The lowest BCUT2D eigenvalue weighted by atomic mass is 10.1. The molecule has 0 saturated carbocycles. The molecular formula is C7H11N. The molecule has 1 heteroatoms. The number of allylic oxidation sites excluding steroid dienone is 1. The zero-order chi connectivity index (χ0) is 5.98. The molecule has 0 spiro atoms. The predicted octanol–water partition coefficient (Wildman–Crippen LogP) is 1.44. The molecular weight excluding hydrogens is 98.1 g/mol. The lowest BCUT2D eigenvalue weighted by Crippen LogP contribution is -2.15. The highest BCUT2D eigenvalue weighted by atomic mass is 14.9. The highest BCUT2D eigenvalue weighted by Gasteiger charge is 2.05. The Kier molecular flexibility index (Phi) is 1.38. The molecule has 0 aromatic heterocycles. The van der Waals surface area contributed by atoms with Crippen LogP contribution in [-0.4, -0.2) is 6.04 Å². The van der Waals surface area contributed by atoms with Crippen LogP contribution in [0.2, 0.25) is 0 Å². The Bertz CT molecular complexity index is 133. The summed E-state index contributed by atoms with van der Waals surface area (Å²) in [5.41, 5.74) is 1.38. The maximum absolute atomic E-state index is 3.17. The maximum Gasteiger partial charge on any atom is 0.0477 e. The fourth-order valence-electron chi connectivity index (χ4n) is 0.875. The van der Waals surface area contributed by atoms with Crippen molar-refractivity contribution < 1.29 is 0 Å². The van der Waals surface area contributed by atoms with Crippen molar-refractivity contribution >= 4 is 0 Å². The van der Waals surface area contributed by atoms with Gasteiger partial charge in [0.1, 0.15) is 0 Å². The van der Waals surface area contributed by atoms with Crippen LogP contribution < -0.4 is 5.32 Å². The van der Waals surface area contributed by atoms with Gasteiger partial charge >= 0.3 is 0 Å². The van der Waals surface area contributed by atoms with Gasteiger partial charge in [0, 0.05) is 6.04 Å². The van der Waals surface area contributed by atoms with E-state index in [0.717, 1.165) is 0 Å². The van der Waals surface area contributed by atoms with Gasteiger partial charge in [0.15, 0.2) is 0 Å². The second-order valence-corrected chi connectivity index (χ2v) is 2.01. The molecule has 1 unspecified atom stereocenters. The van der Waals surface area contributed by atoms with Crippen molar-refractivity contribution in [2.75, 3.05) is 0 Å². The Morgan fingerprint density at radius 2 is 2.50 bits per heavy atom. The number of rotatable bonds is 0. The minimum absolute atomic E-state index is 0.528. The molecule has 0 bridgehead atoms. The Morgan fingerprint density at radius 3 is 2.75 bits per heavy atom. The van der Waals surface area contributed by atoms with E-state index in [9.17, 15) is 0 Å². The Balaban J connectivity index is 2.67. The standard InChI is InChI=1S/C7H11N/c1-3-7-4-5-8-6(7)2/h3-6,8H,1-2H3/b7-3-. The molecule has 0 fully saturated rings. The largest absolute Gasteiger partial charge is 0.384 e. The van der Waals surface area contributed by atoms with Crippen LogP contribution in [0.1, 0.15) is 13.8 Å². The van der Waals surface area contributed by atoms with Gasteiger partial charge in [0.25, 0.3) is 0 Å². The number of hydrogen-bond donors (Lipinski definition) is 1. The first-order valence-electron chi connectivity index (χ1n) is 2.93. The monoisotopic (exact) mass is 109 g/mol. The van der Waals surface area contributed by atoms with Crippen molar-refractivity contribution in [3.63, 3.8) is 0 Å². The molecule has 0 radical (unpaired) electrons. The first-order valence-corrected chi connectivity index (χ1v) is 2.93. The van der Waals surface area contributed by atoms with Gasteiger partial charge in [-0.1, -0.05) is 6.08 Å². The quantitative estimate of drug-likeness (QED) is 0.496. The van der Waals surface area contributed by atoms with Crippen molar-refractivity contribution in [2.45, 2.75) is 19.9 Å². The SMILES string of the molecule is C/C=C1/C=CNC1C. The van der Waals surface area contributed by atoms with E-state index in [4.69, 9.17) is 0 Å². The summed E-state index contributed by atoms with van der Waals surface area (Å²) in [6.45, 7) is 4.21. The predicted molar refractivity (Wildman–Crippen MR) is 35.5 cm³/mol. The van der Waals surface area contributed by atoms with E-state index in [-0.39, 0.29) is 0 Å². The highest BCUT2D eigenvalue weighted by Crippen LogP contribution is 2.08. The molecule has 1 heterocycles. The van der Waals surface area contributed by atoms with Crippen molar-refractivity contribution in [2.24, 2.45) is 0 Å². The number of nitrogens with one attached hydrogen (secondary N) is 1. The first kappa shape index (κ1) is 5.42. The minimum atomic E-state index is 0.528. The fourth-order valence-corrected chi connectivity index (χ4v) is 0.875. The van der Waals surface area contributed by atoms with Crippen LogP contribution in [0, 0.1) is 0 Å². The van der Waals surface area contributed by atoms with Gasteiger partial charge in [-0.25, -0.2) is 0 Å². The van der Waals surface area contributed by atoms with Crippen LogP contribution in [0.5, 0.6) is 0 Å².